The van der Waals surface area contributed by atoms with Crippen LogP contribution in [0.4, 0.5) is 0 Å². The van der Waals surface area contributed by atoms with Gasteiger partial charge in [0.1, 0.15) is 0 Å². The van der Waals surface area contributed by atoms with Crippen LogP contribution in [-0.4, -0.2) is 36.1 Å². The van der Waals surface area contributed by atoms with Gasteiger partial charge >= 0.3 is 0 Å². The Balaban J connectivity index is 1.79. The maximum Gasteiger partial charge on any atom is 0.246 e. The van der Waals surface area contributed by atoms with E-state index in [4.69, 9.17) is 0 Å². The maximum atomic E-state index is 11.6. The second-order valence-corrected chi connectivity index (χ2v) is 8.20. The van der Waals surface area contributed by atoms with Crippen LogP contribution < -0.4 is 0 Å². The van der Waals surface area contributed by atoms with Crippen molar-refractivity contribution in [3.05, 3.63) is 52.3 Å². The van der Waals surface area contributed by atoms with Crippen molar-refractivity contribution >= 4 is 9.84 Å². The van der Waals surface area contributed by atoms with E-state index < -0.39 is 9.84 Å². The highest BCUT2D eigenvalue weighted by Crippen LogP contribution is 2.21. The Morgan fingerprint density at radius 2 is 2.04 bits per heavy atom. The summed E-state index contributed by atoms with van der Waals surface area (Å²) < 4.78 is 23.1. The van der Waals surface area contributed by atoms with Crippen molar-refractivity contribution in [2.24, 2.45) is 0 Å². The monoisotopic (exact) mass is 331 g/mol. The number of nitrogens with zero attached hydrogens (tertiary/aromatic N) is 3. The second-order valence-electron chi connectivity index (χ2n) is 6.29. The summed E-state index contributed by atoms with van der Waals surface area (Å²) in [7, 11) is -3.34. The standard InChI is InChI=1S/C17H21N3O2S/c1-12-4-5-13(2)14(8-12)10-20-7-6-16-15(11-20)9-18-17(19-16)23(3,21)22/h4-5,8-9H,6-7,10-11H2,1-3H3. The zero-order chi connectivity index (χ0) is 16.6. The molecule has 2 aromatic rings. The molecule has 0 atom stereocenters. The third kappa shape index (κ3) is 3.59. The smallest absolute Gasteiger partial charge is 0.246 e. The van der Waals surface area contributed by atoms with Crippen molar-refractivity contribution < 1.29 is 8.42 Å². The molecule has 0 bridgehead atoms. The van der Waals surface area contributed by atoms with E-state index >= 15 is 0 Å². The predicted molar refractivity (Wildman–Crippen MR) is 88.9 cm³/mol. The molecule has 5 nitrogen and oxygen atoms in total. The maximum absolute atomic E-state index is 11.6. The van der Waals surface area contributed by atoms with Crippen molar-refractivity contribution in [2.45, 2.75) is 38.5 Å². The number of benzene rings is 1. The first kappa shape index (κ1) is 16.1. The van der Waals surface area contributed by atoms with Gasteiger partial charge in [-0.25, -0.2) is 18.4 Å². The van der Waals surface area contributed by atoms with Gasteiger partial charge in [0.05, 0.1) is 5.69 Å². The lowest BCUT2D eigenvalue weighted by Gasteiger charge is -2.28. The Morgan fingerprint density at radius 1 is 1.26 bits per heavy atom. The van der Waals surface area contributed by atoms with Crippen molar-refractivity contribution in [3.8, 4) is 0 Å². The van der Waals surface area contributed by atoms with Crippen molar-refractivity contribution in [3.63, 3.8) is 0 Å². The third-order valence-corrected chi connectivity index (χ3v) is 5.08. The number of aryl methyl sites for hydroxylation is 2. The summed E-state index contributed by atoms with van der Waals surface area (Å²) >= 11 is 0. The van der Waals surface area contributed by atoms with Crippen LogP contribution in [0.25, 0.3) is 0 Å². The lowest BCUT2D eigenvalue weighted by molar-refractivity contribution is 0.241. The van der Waals surface area contributed by atoms with Crippen LogP contribution in [0.2, 0.25) is 0 Å². The fourth-order valence-electron chi connectivity index (χ4n) is 2.88. The number of hydrogen-bond acceptors (Lipinski definition) is 5. The quantitative estimate of drug-likeness (QED) is 0.806. The van der Waals surface area contributed by atoms with E-state index in [1.807, 2.05) is 0 Å². The lowest BCUT2D eigenvalue weighted by Crippen LogP contribution is -2.31. The molecule has 0 spiro atoms. The van der Waals surface area contributed by atoms with E-state index in [1.54, 1.807) is 6.20 Å². The summed E-state index contributed by atoms with van der Waals surface area (Å²) in [5, 5.41) is -0.0702. The Hall–Kier alpha value is -1.79. The Kier molecular flexibility index (Phi) is 4.21. The molecule has 0 unspecified atom stereocenters. The summed E-state index contributed by atoms with van der Waals surface area (Å²) in [5.74, 6) is 0. The Labute approximate surface area is 137 Å². The molecule has 0 aliphatic carbocycles. The van der Waals surface area contributed by atoms with Crippen LogP contribution in [0.1, 0.15) is 27.9 Å². The second kappa shape index (κ2) is 6.02. The molecule has 0 fully saturated rings. The van der Waals surface area contributed by atoms with Crippen LogP contribution in [0, 0.1) is 13.8 Å². The van der Waals surface area contributed by atoms with E-state index in [1.165, 1.54) is 16.7 Å². The van der Waals surface area contributed by atoms with Gasteiger partial charge in [-0.3, -0.25) is 4.90 Å². The largest absolute Gasteiger partial charge is 0.294 e. The molecule has 0 saturated heterocycles. The van der Waals surface area contributed by atoms with Crippen molar-refractivity contribution in [1.29, 1.82) is 0 Å². The molecule has 1 aliphatic rings. The lowest BCUT2D eigenvalue weighted by atomic mass is 10.0. The first-order valence-corrected chi connectivity index (χ1v) is 9.55. The molecule has 1 aliphatic heterocycles. The minimum Gasteiger partial charge on any atom is -0.294 e. The molecule has 1 aromatic carbocycles. The SMILES string of the molecule is Cc1ccc(C)c(CN2CCc3nc(S(C)(=O)=O)ncc3C2)c1. The molecule has 2 heterocycles. The Morgan fingerprint density at radius 3 is 2.78 bits per heavy atom. The summed E-state index contributed by atoms with van der Waals surface area (Å²) in [5.41, 5.74) is 5.78. The first-order valence-electron chi connectivity index (χ1n) is 7.66. The van der Waals surface area contributed by atoms with E-state index in [9.17, 15) is 8.42 Å². The number of aromatic nitrogens is 2. The summed E-state index contributed by atoms with van der Waals surface area (Å²) in [6.45, 7) is 6.76. The number of rotatable bonds is 3. The van der Waals surface area contributed by atoms with E-state index in [0.29, 0.717) is 0 Å². The molecule has 23 heavy (non-hydrogen) atoms. The van der Waals surface area contributed by atoms with Crippen LogP contribution in [0.5, 0.6) is 0 Å². The van der Waals surface area contributed by atoms with Crippen molar-refractivity contribution in [2.75, 3.05) is 12.8 Å². The van der Waals surface area contributed by atoms with Gasteiger partial charge in [-0.15, -0.1) is 0 Å². The van der Waals surface area contributed by atoms with E-state index in [-0.39, 0.29) is 5.16 Å². The minimum atomic E-state index is -3.34. The number of sulfone groups is 1. The molecule has 0 N–H and O–H groups in total. The number of hydrogen-bond donors (Lipinski definition) is 0. The molecular formula is C17H21N3O2S. The van der Waals surface area contributed by atoms with Gasteiger partial charge in [-0.2, -0.15) is 0 Å². The van der Waals surface area contributed by atoms with Crippen LogP contribution in [0.15, 0.2) is 29.6 Å². The van der Waals surface area contributed by atoms with E-state index in [0.717, 1.165) is 43.6 Å². The topological polar surface area (TPSA) is 63.2 Å². The van der Waals surface area contributed by atoms with Crippen LogP contribution in [-0.2, 0) is 29.3 Å². The zero-order valence-electron chi connectivity index (χ0n) is 13.7. The molecule has 0 amide bonds. The average molecular weight is 331 g/mol. The molecule has 122 valence electrons. The third-order valence-electron chi connectivity index (χ3n) is 4.22. The highest BCUT2D eigenvalue weighted by molar-refractivity contribution is 7.90. The highest BCUT2D eigenvalue weighted by Gasteiger charge is 2.21. The summed E-state index contributed by atoms with van der Waals surface area (Å²) in [6.07, 6.45) is 3.56. The fourth-order valence-corrected chi connectivity index (χ4v) is 3.40. The normalized spacial score (nSPS) is 15.4. The average Bonchev–Trinajstić information content (AvgIpc) is 2.49. The molecule has 6 heteroatoms. The zero-order valence-corrected chi connectivity index (χ0v) is 14.5. The first-order chi connectivity index (χ1) is 10.8. The Bertz CT molecular complexity index is 847. The summed E-state index contributed by atoms with van der Waals surface area (Å²) in [4.78, 5) is 10.6. The molecule has 0 radical (unpaired) electrons. The van der Waals surface area contributed by atoms with Crippen molar-refractivity contribution in [1.82, 2.24) is 14.9 Å². The molecule has 3 rings (SSSR count). The van der Waals surface area contributed by atoms with Gasteiger partial charge in [0.2, 0.25) is 15.0 Å². The summed E-state index contributed by atoms with van der Waals surface area (Å²) in [6, 6.07) is 6.52. The van der Waals surface area contributed by atoms with Crippen LogP contribution in [0.3, 0.4) is 0 Å². The van der Waals surface area contributed by atoms with Gasteiger partial charge in [0.25, 0.3) is 0 Å². The number of fused-ring (bicyclic) bond motifs is 1. The van der Waals surface area contributed by atoms with Gasteiger partial charge < -0.3 is 0 Å². The highest BCUT2D eigenvalue weighted by atomic mass is 32.2. The van der Waals surface area contributed by atoms with Gasteiger partial charge in [0, 0.05) is 44.1 Å². The minimum absolute atomic E-state index is 0.0702. The van der Waals surface area contributed by atoms with Gasteiger partial charge in [-0.05, 0) is 25.0 Å². The van der Waals surface area contributed by atoms with Crippen LogP contribution >= 0.6 is 0 Å². The molecular weight excluding hydrogens is 310 g/mol. The fraction of sp³-hybridized carbons (Fsp3) is 0.412. The van der Waals surface area contributed by atoms with E-state index in [2.05, 4.69) is 46.9 Å². The molecule has 1 aromatic heterocycles. The van der Waals surface area contributed by atoms with Gasteiger partial charge in [0.15, 0.2) is 0 Å². The predicted octanol–water partition coefficient (Wildman–Crippen LogP) is 2.06. The molecule has 0 saturated carbocycles. The van der Waals surface area contributed by atoms with Gasteiger partial charge in [-0.1, -0.05) is 23.8 Å².